The number of hydrogen-bond acceptors (Lipinski definition) is 4. The Morgan fingerprint density at radius 3 is 2.73 bits per heavy atom. The van der Waals surface area contributed by atoms with Crippen molar-refractivity contribution in [1.29, 1.82) is 0 Å². The largest absolute Gasteiger partial charge is 0.326 e. The number of halogens is 1. The molecular formula is C20H24BrN3OS. The molecule has 0 atom stereocenters. The van der Waals surface area contributed by atoms with Crippen molar-refractivity contribution in [2.45, 2.75) is 33.2 Å². The Labute approximate surface area is 166 Å². The fraction of sp³-hybridized carbons (Fsp3) is 0.350. The second-order valence-electron chi connectivity index (χ2n) is 6.25. The van der Waals surface area contributed by atoms with Gasteiger partial charge in [0.2, 0.25) is 0 Å². The Morgan fingerprint density at radius 2 is 1.96 bits per heavy atom. The first-order valence-corrected chi connectivity index (χ1v) is 10.5. The number of nitrogens with zero attached hydrogens (tertiary/aromatic N) is 1. The minimum atomic E-state index is 0.0595. The molecule has 0 fully saturated rings. The summed E-state index contributed by atoms with van der Waals surface area (Å²) in [5, 5.41) is 4.27. The molecule has 0 bridgehead atoms. The maximum atomic E-state index is 11.9. The van der Waals surface area contributed by atoms with Gasteiger partial charge in [-0.15, -0.1) is 11.3 Å². The molecule has 4 nitrogen and oxygen atoms in total. The van der Waals surface area contributed by atoms with Crippen molar-refractivity contribution in [2.75, 3.05) is 18.5 Å². The van der Waals surface area contributed by atoms with Gasteiger partial charge in [0.25, 0.3) is 0 Å². The summed E-state index contributed by atoms with van der Waals surface area (Å²) in [7, 11) is 0. The molecule has 138 valence electrons. The molecule has 1 aromatic carbocycles. The van der Waals surface area contributed by atoms with Crippen LogP contribution in [0.4, 0.5) is 0 Å². The summed E-state index contributed by atoms with van der Waals surface area (Å²) >= 11 is 5.58. The van der Waals surface area contributed by atoms with E-state index in [1.54, 1.807) is 12.3 Å². The first kappa shape index (κ1) is 19.1. The summed E-state index contributed by atoms with van der Waals surface area (Å²) in [5.41, 5.74) is 5.71. The van der Waals surface area contributed by atoms with Gasteiger partial charge in [-0.05, 0) is 59.9 Å². The predicted molar refractivity (Wildman–Crippen MR) is 115 cm³/mol. The van der Waals surface area contributed by atoms with Crippen molar-refractivity contribution in [1.82, 2.24) is 9.99 Å². The van der Waals surface area contributed by atoms with Gasteiger partial charge in [-0.1, -0.05) is 19.1 Å². The lowest BCUT2D eigenvalue weighted by Gasteiger charge is -2.13. The second-order valence-corrected chi connectivity index (χ2v) is 8.23. The number of para-hydroxylation sites is 1. The molecule has 0 aliphatic heterocycles. The molecule has 2 N–H and O–H groups in total. The van der Waals surface area contributed by atoms with Gasteiger partial charge in [0.15, 0.2) is 5.43 Å². The van der Waals surface area contributed by atoms with Crippen molar-refractivity contribution in [2.24, 2.45) is 0 Å². The molecule has 3 rings (SSSR count). The second kappa shape index (κ2) is 8.84. The standard InChI is InChI=1S/C20H24BrN3OS/c1-3-18-20(21)14(2)19(26-18)13-22-10-6-11-23-24-12-9-17(25)15-7-4-5-8-16(15)24/h4-5,7-9,12,22-23H,3,6,10-11,13H2,1-2H3. The predicted octanol–water partition coefficient (Wildman–Crippen LogP) is 4.42. The highest BCUT2D eigenvalue weighted by atomic mass is 79.9. The van der Waals surface area contributed by atoms with Crippen LogP contribution in [-0.2, 0) is 13.0 Å². The Bertz CT molecular complexity index is 948. The van der Waals surface area contributed by atoms with E-state index in [9.17, 15) is 4.79 Å². The van der Waals surface area contributed by atoms with Crippen LogP contribution in [0.1, 0.15) is 28.7 Å². The quantitative estimate of drug-likeness (QED) is 0.516. The smallest absolute Gasteiger partial charge is 0.189 e. The van der Waals surface area contributed by atoms with Crippen LogP contribution in [0.15, 0.2) is 45.8 Å². The van der Waals surface area contributed by atoms with Gasteiger partial charge in [-0.2, -0.15) is 0 Å². The Kier molecular flexibility index (Phi) is 6.51. The van der Waals surface area contributed by atoms with Crippen LogP contribution in [0.25, 0.3) is 10.9 Å². The number of pyridine rings is 1. The minimum Gasteiger partial charge on any atom is -0.326 e. The number of aromatic nitrogens is 1. The van der Waals surface area contributed by atoms with Crippen LogP contribution in [0.2, 0.25) is 0 Å². The number of rotatable bonds is 8. The van der Waals surface area contributed by atoms with E-state index in [0.29, 0.717) is 0 Å². The Morgan fingerprint density at radius 1 is 1.15 bits per heavy atom. The third-order valence-corrected chi connectivity index (χ3v) is 7.23. The minimum absolute atomic E-state index is 0.0595. The average Bonchev–Trinajstić information content (AvgIpc) is 2.94. The molecular weight excluding hydrogens is 410 g/mol. The molecule has 2 aromatic heterocycles. The highest BCUT2D eigenvalue weighted by molar-refractivity contribution is 9.10. The van der Waals surface area contributed by atoms with E-state index in [0.717, 1.165) is 43.4 Å². The molecule has 26 heavy (non-hydrogen) atoms. The molecule has 3 aromatic rings. The van der Waals surface area contributed by atoms with E-state index in [2.05, 4.69) is 40.5 Å². The van der Waals surface area contributed by atoms with E-state index in [-0.39, 0.29) is 5.43 Å². The maximum Gasteiger partial charge on any atom is 0.189 e. The van der Waals surface area contributed by atoms with Crippen molar-refractivity contribution < 1.29 is 0 Å². The molecule has 0 saturated carbocycles. The van der Waals surface area contributed by atoms with Crippen molar-refractivity contribution in [3.8, 4) is 0 Å². The molecule has 0 unspecified atom stereocenters. The molecule has 0 radical (unpaired) electrons. The van der Waals surface area contributed by atoms with Gasteiger partial charge in [0.05, 0.1) is 5.52 Å². The molecule has 0 amide bonds. The summed E-state index contributed by atoms with van der Waals surface area (Å²) in [6, 6.07) is 9.28. The van der Waals surface area contributed by atoms with Crippen LogP contribution >= 0.6 is 27.3 Å². The fourth-order valence-electron chi connectivity index (χ4n) is 2.95. The Balaban J connectivity index is 1.48. The first-order valence-electron chi connectivity index (χ1n) is 8.93. The SMILES string of the molecule is CCc1sc(CNCCCNn2ccc(=O)c3ccccc32)c(C)c1Br. The van der Waals surface area contributed by atoms with Gasteiger partial charge >= 0.3 is 0 Å². The van der Waals surface area contributed by atoms with Gasteiger partial charge in [0.1, 0.15) is 0 Å². The van der Waals surface area contributed by atoms with Crippen LogP contribution in [-0.4, -0.2) is 17.8 Å². The van der Waals surface area contributed by atoms with E-state index < -0.39 is 0 Å². The average molecular weight is 434 g/mol. The zero-order chi connectivity index (χ0) is 18.5. The zero-order valence-corrected chi connectivity index (χ0v) is 17.5. The lowest BCUT2D eigenvalue weighted by molar-refractivity contribution is 0.652. The van der Waals surface area contributed by atoms with Gasteiger partial charge in [0, 0.05) is 45.0 Å². The number of hydrogen-bond donors (Lipinski definition) is 2. The fourth-order valence-corrected chi connectivity index (χ4v) is 4.96. The molecule has 0 saturated heterocycles. The van der Waals surface area contributed by atoms with E-state index in [4.69, 9.17) is 0 Å². The van der Waals surface area contributed by atoms with Gasteiger partial charge in [-0.3, -0.25) is 9.47 Å². The van der Waals surface area contributed by atoms with Crippen molar-refractivity contribution in [3.05, 3.63) is 66.5 Å². The Hall–Kier alpha value is -1.63. The summed E-state index contributed by atoms with van der Waals surface area (Å²) in [6.07, 6.45) is 3.88. The number of nitrogens with one attached hydrogen (secondary N) is 2. The topological polar surface area (TPSA) is 46.1 Å². The van der Waals surface area contributed by atoms with Crippen LogP contribution < -0.4 is 16.2 Å². The molecule has 0 aliphatic rings. The van der Waals surface area contributed by atoms with Gasteiger partial charge in [-0.25, -0.2) is 0 Å². The summed E-state index contributed by atoms with van der Waals surface area (Å²) < 4.78 is 3.21. The normalized spacial score (nSPS) is 11.2. The maximum absolute atomic E-state index is 11.9. The zero-order valence-electron chi connectivity index (χ0n) is 15.1. The number of fused-ring (bicyclic) bond motifs is 1. The summed E-state index contributed by atoms with van der Waals surface area (Å²) in [4.78, 5) is 14.7. The van der Waals surface area contributed by atoms with Crippen molar-refractivity contribution >= 4 is 38.2 Å². The van der Waals surface area contributed by atoms with Gasteiger partial charge < -0.3 is 10.7 Å². The number of benzene rings is 1. The molecule has 2 heterocycles. The molecule has 0 spiro atoms. The van der Waals surface area contributed by atoms with E-state index in [1.807, 2.05) is 40.3 Å². The van der Waals surface area contributed by atoms with Crippen LogP contribution in [0, 0.1) is 6.92 Å². The van der Waals surface area contributed by atoms with E-state index >= 15 is 0 Å². The lowest BCUT2D eigenvalue weighted by Crippen LogP contribution is -2.23. The van der Waals surface area contributed by atoms with E-state index in [1.165, 1.54) is 19.8 Å². The number of thiophene rings is 1. The monoisotopic (exact) mass is 433 g/mol. The molecule has 6 heteroatoms. The van der Waals surface area contributed by atoms with Crippen molar-refractivity contribution in [3.63, 3.8) is 0 Å². The third kappa shape index (κ3) is 4.19. The summed E-state index contributed by atoms with van der Waals surface area (Å²) in [6.45, 7) is 7.07. The lowest BCUT2D eigenvalue weighted by atomic mass is 10.2. The number of aryl methyl sites for hydroxylation is 1. The van der Waals surface area contributed by atoms with Crippen LogP contribution in [0.3, 0.4) is 0 Å². The van der Waals surface area contributed by atoms with Crippen LogP contribution in [0.5, 0.6) is 0 Å². The highest BCUT2D eigenvalue weighted by Crippen LogP contribution is 2.32. The highest BCUT2D eigenvalue weighted by Gasteiger charge is 2.10. The molecule has 0 aliphatic carbocycles. The third-order valence-electron chi connectivity index (χ3n) is 4.46. The first-order chi connectivity index (χ1) is 12.6. The summed E-state index contributed by atoms with van der Waals surface area (Å²) in [5.74, 6) is 0.